The second-order valence-corrected chi connectivity index (χ2v) is 5.04. The molecule has 0 bridgehead atoms. The van der Waals surface area contributed by atoms with Crippen LogP contribution < -0.4 is 5.32 Å². The number of nitrogens with one attached hydrogen (secondary N) is 1. The number of fused-ring (bicyclic) bond motifs is 1. The molecule has 1 aromatic carbocycles. The predicted octanol–water partition coefficient (Wildman–Crippen LogP) is 3.56. The summed E-state index contributed by atoms with van der Waals surface area (Å²) in [4.78, 5) is 4.36. The van der Waals surface area contributed by atoms with Gasteiger partial charge in [0.2, 0.25) is 0 Å². The van der Waals surface area contributed by atoms with Gasteiger partial charge in [0.05, 0.1) is 5.69 Å². The Labute approximate surface area is 112 Å². The third-order valence-corrected chi connectivity index (χ3v) is 3.80. The van der Waals surface area contributed by atoms with Crippen molar-refractivity contribution in [2.24, 2.45) is 0 Å². The molecule has 1 aliphatic rings. The lowest BCUT2D eigenvalue weighted by Gasteiger charge is -2.20. The molecule has 2 aromatic rings. The van der Waals surface area contributed by atoms with Gasteiger partial charge >= 0.3 is 0 Å². The monoisotopic (exact) mass is 256 g/mol. The molecule has 3 rings (SSSR count). The minimum atomic E-state index is -0.0766. The van der Waals surface area contributed by atoms with Crippen molar-refractivity contribution in [3.63, 3.8) is 0 Å². The molecule has 0 fully saturated rings. The normalized spacial score (nSPS) is 19.2. The quantitative estimate of drug-likeness (QED) is 0.908. The van der Waals surface area contributed by atoms with E-state index in [9.17, 15) is 4.39 Å². The van der Waals surface area contributed by atoms with Crippen molar-refractivity contribution in [3.05, 3.63) is 65.2 Å². The average Bonchev–Trinajstić information content (AvgIpc) is 2.84. The lowest BCUT2D eigenvalue weighted by molar-refractivity contribution is 0.458. The van der Waals surface area contributed by atoms with Gasteiger partial charge in [-0.15, -0.1) is 0 Å². The molecule has 0 saturated heterocycles. The SMILES string of the molecule is C[C@H](NC1CCc2c(F)cccc21)c1ccccn1. The summed E-state index contributed by atoms with van der Waals surface area (Å²) >= 11 is 0. The van der Waals surface area contributed by atoms with Crippen molar-refractivity contribution < 1.29 is 4.39 Å². The molecule has 3 heteroatoms. The van der Waals surface area contributed by atoms with Crippen LogP contribution in [0.5, 0.6) is 0 Å². The van der Waals surface area contributed by atoms with E-state index < -0.39 is 0 Å². The standard InChI is InChI=1S/C16H17FN2/c1-11(15-7-2-3-10-18-15)19-16-9-8-12-13(16)5-4-6-14(12)17/h2-7,10-11,16,19H,8-9H2,1H3/t11-,16?/m0/s1. The molecule has 0 saturated carbocycles. The van der Waals surface area contributed by atoms with Crippen molar-refractivity contribution in [2.75, 3.05) is 0 Å². The maximum absolute atomic E-state index is 13.7. The van der Waals surface area contributed by atoms with Gasteiger partial charge in [0.25, 0.3) is 0 Å². The Hall–Kier alpha value is -1.74. The Morgan fingerprint density at radius 2 is 2.16 bits per heavy atom. The van der Waals surface area contributed by atoms with Crippen molar-refractivity contribution in [2.45, 2.75) is 31.8 Å². The fraction of sp³-hybridized carbons (Fsp3) is 0.312. The molecule has 98 valence electrons. The van der Waals surface area contributed by atoms with Gasteiger partial charge in [0.15, 0.2) is 0 Å². The van der Waals surface area contributed by atoms with Gasteiger partial charge in [0.1, 0.15) is 5.82 Å². The van der Waals surface area contributed by atoms with Gasteiger partial charge in [-0.1, -0.05) is 18.2 Å². The van der Waals surface area contributed by atoms with Crippen LogP contribution in [0, 0.1) is 5.82 Å². The summed E-state index contributed by atoms with van der Waals surface area (Å²) in [5.41, 5.74) is 2.99. The second-order valence-electron chi connectivity index (χ2n) is 5.04. The Balaban J connectivity index is 1.78. The molecule has 1 aromatic heterocycles. The zero-order chi connectivity index (χ0) is 13.2. The first-order chi connectivity index (χ1) is 9.25. The summed E-state index contributed by atoms with van der Waals surface area (Å²) in [5, 5.41) is 3.55. The summed E-state index contributed by atoms with van der Waals surface area (Å²) in [6, 6.07) is 11.7. The van der Waals surface area contributed by atoms with Gasteiger partial charge < -0.3 is 5.32 Å². The summed E-state index contributed by atoms with van der Waals surface area (Å²) in [6.45, 7) is 2.10. The molecule has 1 unspecified atom stereocenters. The van der Waals surface area contributed by atoms with E-state index >= 15 is 0 Å². The first kappa shape index (κ1) is 12.3. The number of rotatable bonds is 3. The van der Waals surface area contributed by atoms with E-state index in [0.717, 1.165) is 29.7 Å². The molecule has 0 amide bonds. The molecule has 2 nitrogen and oxygen atoms in total. The Morgan fingerprint density at radius 3 is 2.95 bits per heavy atom. The number of aromatic nitrogens is 1. The highest BCUT2D eigenvalue weighted by Gasteiger charge is 2.26. The largest absolute Gasteiger partial charge is 0.302 e. The van der Waals surface area contributed by atoms with Crippen LogP contribution in [0.3, 0.4) is 0 Å². The highest BCUT2D eigenvalue weighted by atomic mass is 19.1. The molecule has 0 radical (unpaired) electrons. The van der Waals surface area contributed by atoms with E-state index in [2.05, 4.69) is 17.2 Å². The number of benzene rings is 1. The van der Waals surface area contributed by atoms with E-state index in [1.54, 1.807) is 18.3 Å². The van der Waals surface area contributed by atoms with Crippen LogP contribution in [0.1, 0.15) is 42.2 Å². The predicted molar refractivity (Wildman–Crippen MR) is 73.2 cm³/mol. The van der Waals surface area contributed by atoms with E-state index in [1.165, 1.54) is 0 Å². The second kappa shape index (κ2) is 5.10. The number of pyridine rings is 1. The number of hydrogen-bond donors (Lipinski definition) is 1. The summed E-state index contributed by atoms with van der Waals surface area (Å²) in [5.74, 6) is -0.0766. The van der Waals surface area contributed by atoms with Crippen molar-refractivity contribution >= 4 is 0 Å². The third-order valence-electron chi connectivity index (χ3n) is 3.80. The lowest BCUT2D eigenvalue weighted by Crippen LogP contribution is -2.23. The van der Waals surface area contributed by atoms with E-state index in [4.69, 9.17) is 0 Å². The van der Waals surface area contributed by atoms with Crippen LogP contribution in [0.25, 0.3) is 0 Å². The zero-order valence-electron chi connectivity index (χ0n) is 10.9. The molecule has 0 aliphatic heterocycles. The number of halogens is 1. The highest BCUT2D eigenvalue weighted by Crippen LogP contribution is 2.34. The molecule has 1 N–H and O–H groups in total. The topological polar surface area (TPSA) is 24.9 Å². The molecular weight excluding hydrogens is 239 g/mol. The van der Waals surface area contributed by atoms with E-state index in [1.807, 2.05) is 24.3 Å². The number of hydrogen-bond acceptors (Lipinski definition) is 2. The average molecular weight is 256 g/mol. The highest BCUT2D eigenvalue weighted by molar-refractivity contribution is 5.35. The van der Waals surface area contributed by atoms with Crippen LogP contribution in [0.15, 0.2) is 42.6 Å². The fourth-order valence-electron chi connectivity index (χ4n) is 2.80. The minimum Gasteiger partial charge on any atom is -0.302 e. The van der Waals surface area contributed by atoms with Crippen LogP contribution >= 0.6 is 0 Å². The van der Waals surface area contributed by atoms with Crippen molar-refractivity contribution in [1.82, 2.24) is 10.3 Å². The number of nitrogens with zero attached hydrogens (tertiary/aromatic N) is 1. The van der Waals surface area contributed by atoms with Crippen LogP contribution in [-0.4, -0.2) is 4.98 Å². The Bertz CT molecular complexity index is 568. The van der Waals surface area contributed by atoms with Crippen molar-refractivity contribution in [3.8, 4) is 0 Å². The van der Waals surface area contributed by atoms with Gasteiger partial charge in [-0.3, -0.25) is 4.98 Å². The summed E-state index contributed by atoms with van der Waals surface area (Å²) < 4.78 is 13.7. The lowest BCUT2D eigenvalue weighted by atomic mass is 10.1. The summed E-state index contributed by atoms with van der Waals surface area (Å²) in [7, 11) is 0. The first-order valence-corrected chi connectivity index (χ1v) is 6.70. The molecule has 19 heavy (non-hydrogen) atoms. The first-order valence-electron chi connectivity index (χ1n) is 6.70. The fourth-order valence-corrected chi connectivity index (χ4v) is 2.80. The van der Waals surface area contributed by atoms with Gasteiger partial charge in [-0.2, -0.15) is 0 Å². The summed E-state index contributed by atoms with van der Waals surface area (Å²) in [6.07, 6.45) is 3.57. The molecule has 1 aliphatic carbocycles. The molecular formula is C16H17FN2. The van der Waals surface area contributed by atoms with E-state index in [-0.39, 0.29) is 17.9 Å². The minimum absolute atomic E-state index is 0.0766. The molecule has 1 heterocycles. The Morgan fingerprint density at radius 1 is 1.26 bits per heavy atom. The van der Waals surface area contributed by atoms with E-state index in [0.29, 0.717) is 0 Å². The molecule has 2 atom stereocenters. The molecule has 0 spiro atoms. The maximum atomic E-state index is 13.7. The smallest absolute Gasteiger partial charge is 0.126 e. The van der Waals surface area contributed by atoms with Crippen LogP contribution in [0.4, 0.5) is 4.39 Å². The Kier molecular flexibility index (Phi) is 3.30. The zero-order valence-corrected chi connectivity index (χ0v) is 10.9. The van der Waals surface area contributed by atoms with Crippen LogP contribution in [0.2, 0.25) is 0 Å². The van der Waals surface area contributed by atoms with Gasteiger partial charge in [-0.05, 0) is 49.1 Å². The van der Waals surface area contributed by atoms with Gasteiger partial charge in [0, 0.05) is 18.3 Å². The van der Waals surface area contributed by atoms with Gasteiger partial charge in [-0.25, -0.2) is 4.39 Å². The van der Waals surface area contributed by atoms with Crippen LogP contribution in [-0.2, 0) is 6.42 Å². The van der Waals surface area contributed by atoms with Crippen molar-refractivity contribution in [1.29, 1.82) is 0 Å². The third kappa shape index (κ3) is 2.38. The maximum Gasteiger partial charge on any atom is 0.126 e.